The molecule has 0 atom stereocenters. The minimum absolute atomic E-state index is 0.516. The smallest absolute Gasteiger partial charge is 0.331 e. The fourth-order valence-electron chi connectivity index (χ4n) is 1.01. The van der Waals surface area contributed by atoms with Crippen molar-refractivity contribution >= 4 is 5.97 Å². The van der Waals surface area contributed by atoms with Crippen molar-refractivity contribution in [3.8, 4) is 0 Å². The van der Waals surface area contributed by atoms with Gasteiger partial charge in [0.2, 0.25) is 0 Å². The van der Waals surface area contributed by atoms with Crippen LogP contribution in [0, 0.1) is 0 Å². The molecule has 1 N–H and O–H groups in total. The van der Waals surface area contributed by atoms with Crippen molar-refractivity contribution in [3.63, 3.8) is 0 Å². The molecule has 2 nitrogen and oxygen atoms in total. The molecule has 0 aromatic heterocycles. The highest BCUT2D eigenvalue weighted by molar-refractivity contribution is 5.86. The van der Waals surface area contributed by atoms with Crippen molar-refractivity contribution in [2.45, 2.75) is 40.0 Å². The monoisotopic (exact) mass is 182 g/mol. The van der Waals surface area contributed by atoms with E-state index >= 15 is 0 Å². The molecule has 0 fully saturated rings. The molecule has 0 rings (SSSR count). The van der Waals surface area contributed by atoms with Gasteiger partial charge in [0.25, 0.3) is 0 Å². The van der Waals surface area contributed by atoms with Gasteiger partial charge < -0.3 is 5.11 Å². The fraction of sp³-hybridized carbons (Fsp3) is 0.545. The van der Waals surface area contributed by atoms with Gasteiger partial charge in [0.05, 0.1) is 0 Å². The molecule has 2 heteroatoms. The van der Waals surface area contributed by atoms with Crippen molar-refractivity contribution in [2.75, 3.05) is 0 Å². The molecular formula is C11H18O2. The number of carboxylic acids is 1. The van der Waals surface area contributed by atoms with Gasteiger partial charge >= 0.3 is 5.97 Å². The molecule has 0 saturated heterocycles. The van der Waals surface area contributed by atoms with Crippen molar-refractivity contribution in [1.29, 1.82) is 0 Å². The molecule has 0 spiro atoms. The maximum absolute atomic E-state index is 10.6. The summed E-state index contributed by atoms with van der Waals surface area (Å²) in [5.41, 5.74) is 1.80. The minimum atomic E-state index is -0.792. The standard InChI is InChI=1S/C11H18O2/c1-4-10(11(12)13)8-6-5-7-9(2)3/h7-8H,4-6H2,1-3H3,(H,12,13)/b10-8+. The molecule has 0 aromatic carbocycles. The minimum Gasteiger partial charge on any atom is -0.478 e. The SMILES string of the molecule is CC/C(=C\CCC=C(C)C)C(=O)O. The number of aliphatic carboxylic acids is 1. The van der Waals surface area contributed by atoms with Crippen LogP contribution in [0.3, 0.4) is 0 Å². The second-order valence-electron chi connectivity index (χ2n) is 3.25. The van der Waals surface area contributed by atoms with E-state index in [4.69, 9.17) is 5.11 Å². The lowest BCUT2D eigenvalue weighted by Gasteiger charge is -1.96. The molecule has 13 heavy (non-hydrogen) atoms. The normalized spacial score (nSPS) is 11.2. The quantitative estimate of drug-likeness (QED) is 0.403. The molecule has 0 amide bonds. The van der Waals surface area contributed by atoms with E-state index in [0.717, 1.165) is 12.8 Å². The molecule has 0 aliphatic carbocycles. The number of unbranched alkanes of at least 4 members (excludes halogenated alkanes) is 1. The van der Waals surface area contributed by atoms with E-state index in [-0.39, 0.29) is 0 Å². The molecule has 0 bridgehead atoms. The van der Waals surface area contributed by atoms with Crippen LogP contribution in [0.4, 0.5) is 0 Å². The van der Waals surface area contributed by atoms with Gasteiger partial charge in [-0.15, -0.1) is 0 Å². The summed E-state index contributed by atoms with van der Waals surface area (Å²) in [5.74, 6) is -0.792. The molecule has 0 aliphatic rings. The van der Waals surface area contributed by atoms with E-state index in [2.05, 4.69) is 6.08 Å². The Morgan fingerprint density at radius 3 is 2.15 bits per heavy atom. The Bertz CT molecular complexity index is 220. The Kier molecular flexibility index (Phi) is 5.94. The van der Waals surface area contributed by atoms with Gasteiger partial charge in [0.15, 0.2) is 0 Å². The summed E-state index contributed by atoms with van der Waals surface area (Å²) >= 11 is 0. The topological polar surface area (TPSA) is 37.3 Å². The first-order valence-electron chi connectivity index (χ1n) is 4.63. The Balaban J connectivity index is 3.95. The van der Waals surface area contributed by atoms with Crippen molar-refractivity contribution in [3.05, 3.63) is 23.3 Å². The average Bonchev–Trinajstić information content (AvgIpc) is 2.03. The van der Waals surface area contributed by atoms with Crippen LogP contribution in [0.1, 0.15) is 40.0 Å². The third kappa shape index (κ3) is 6.14. The van der Waals surface area contributed by atoms with Crippen LogP contribution < -0.4 is 0 Å². The second kappa shape index (κ2) is 6.46. The molecule has 0 unspecified atom stereocenters. The van der Waals surface area contributed by atoms with E-state index < -0.39 is 5.97 Å². The van der Waals surface area contributed by atoms with Gasteiger partial charge in [0, 0.05) is 5.57 Å². The van der Waals surface area contributed by atoms with Crippen molar-refractivity contribution in [1.82, 2.24) is 0 Å². The zero-order valence-corrected chi connectivity index (χ0v) is 8.63. The number of carboxylic acid groups (broad SMARTS) is 1. The fourth-order valence-corrected chi connectivity index (χ4v) is 1.01. The van der Waals surface area contributed by atoms with Gasteiger partial charge in [-0.05, 0) is 33.1 Å². The van der Waals surface area contributed by atoms with E-state index in [9.17, 15) is 4.79 Å². The number of hydrogen-bond acceptors (Lipinski definition) is 1. The average molecular weight is 182 g/mol. The van der Waals surface area contributed by atoms with Gasteiger partial charge in [0.1, 0.15) is 0 Å². The highest BCUT2D eigenvalue weighted by Gasteiger charge is 2.01. The van der Waals surface area contributed by atoms with Crippen LogP contribution in [0.5, 0.6) is 0 Å². The highest BCUT2D eigenvalue weighted by Crippen LogP contribution is 2.05. The van der Waals surface area contributed by atoms with Crippen LogP contribution in [-0.4, -0.2) is 11.1 Å². The van der Waals surface area contributed by atoms with E-state index in [1.54, 1.807) is 0 Å². The molecule has 0 aliphatic heterocycles. The first kappa shape index (κ1) is 11.9. The summed E-state index contributed by atoms with van der Waals surface area (Å²) in [6, 6.07) is 0. The van der Waals surface area contributed by atoms with Gasteiger partial charge in [-0.25, -0.2) is 4.79 Å². The molecule has 0 heterocycles. The summed E-state index contributed by atoms with van der Waals surface area (Å²) < 4.78 is 0. The molecular weight excluding hydrogens is 164 g/mol. The Morgan fingerprint density at radius 2 is 1.77 bits per heavy atom. The van der Waals surface area contributed by atoms with Crippen molar-refractivity contribution in [2.24, 2.45) is 0 Å². The number of allylic oxidation sites excluding steroid dienone is 3. The first-order valence-corrected chi connectivity index (χ1v) is 4.63. The van der Waals surface area contributed by atoms with Gasteiger partial charge in [-0.2, -0.15) is 0 Å². The molecule has 74 valence electrons. The summed E-state index contributed by atoms with van der Waals surface area (Å²) in [7, 11) is 0. The number of rotatable bonds is 5. The predicted molar refractivity (Wildman–Crippen MR) is 54.7 cm³/mol. The Labute approximate surface area is 80.0 Å². The Morgan fingerprint density at radius 1 is 1.23 bits per heavy atom. The van der Waals surface area contributed by atoms with Crippen LogP contribution >= 0.6 is 0 Å². The van der Waals surface area contributed by atoms with Crippen LogP contribution in [0.25, 0.3) is 0 Å². The van der Waals surface area contributed by atoms with E-state index in [1.807, 2.05) is 26.8 Å². The summed E-state index contributed by atoms with van der Waals surface area (Å²) in [6.45, 7) is 5.95. The third-order valence-corrected chi connectivity index (χ3v) is 1.77. The first-order chi connectivity index (χ1) is 6.07. The molecule has 0 saturated carbocycles. The summed E-state index contributed by atoms with van der Waals surface area (Å²) in [6.07, 6.45) is 6.28. The maximum Gasteiger partial charge on any atom is 0.331 e. The van der Waals surface area contributed by atoms with E-state index in [0.29, 0.717) is 12.0 Å². The second-order valence-corrected chi connectivity index (χ2v) is 3.25. The largest absolute Gasteiger partial charge is 0.478 e. The van der Waals surface area contributed by atoms with Gasteiger partial charge in [-0.3, -0.25) is 0 Å². The predicted octanol–water partition coefficient (Wildman–Crippen LogP) is 3.15. The zero-order chi connectivity index (χ0) is 10.3. The number of hydrogen-bond donors (Lipinski definition) is 1. The lowest BCUT2D eigenvalue weighted by atomic mass is 10.1. The van der Waals surface area contributed by atoms with Crippen molar-refractivity contribution < 1.29 is 9.90 Å². The zero-order valence-electron chi connectivity index (χ0n) is 8.63. The summed E-state index contributed by atoms with van der Waals surface area (Å²) in [4.78, 5) is 10.6. The third-order valence-electron chi connectivity index (χ3n) is 1.77. The Hall–Kier alpha value is -1.05. The maximum atomic E-state index is 10.6. The van der Waals surface area contributed by atoms with Crippen LogP contribution in [-0.2, 0) is 4.79 Å². The summed E-state index contributed by atoms with van der Waals surface area (Å²) in [5, 5.41) is 8.70. The van der Waals surface area contributed by atoms with E-state index in [1.165, 1.54) is 5.57 Å². The number of carbonyl (C=O) groups is 1. The van der Waals surface area contributed by atoms with Crippen LogP contribution in [0.2, 0.25) is 0 Å². The van der Waals surface area contributed by atoms with Gasteiger partial charge in [-0.1, -0.05) is 24.6 Å². The lowest BCUT2D eigenvalue weighted by molar-refractivity contribution is -0.132. The lowest BCUT2D eigenvalue weighted by Crippen LogP contribution is -1.98. The molecule has 0 aromatic rings. The van der Waals surface area contributed by atoms with Crippen LogP contribution in [0.15, 0.2) is 23.3 Å². The highest BCUT2D eigenvalue weighted by atomic mass is 16.4. The molecule has 0 radical (unpaired) electrons.